The molecule has 2 aliphatic heterocycles. The average molecular weight is 340 g/mol. The maximum Gasteiger partial charge on any atom is 0.346 e. The van der Waals surface area contributed by atoms with Crippen molar-refractivity contribution in [1.29, 1.82) is 0 Å². The van der Waals surface area contributed by atoms with Crippen molar-refractivity contribution in [1.82, 2.24) is 19.2 Å². The monoisotopic (exact) mass is 340 g/mol. The van der Waals surface area contributed by atoms with Crippen molar-refractivity contribution in [2.75, 3.05) is 6.54 Å². The van der Waals surface area contributed by atoms with E-state index in [4.69, 9.17) is 0 Å². The van der Waals surface area contributed by atoms with Crippen molar-refractivity contribution in [3.8, 4) is 0 Å². The zero-order chi connectivity index (χ0) is 17.6. The summed E-state index contributed by atoms with van der Waals surface area (Å²) in [5, 5.41) is 4.52. The van der Waals surface area contributed by atoms with Gasteiger partial charge in [-0.25, -0.2) is 9.48 Å². The standard InChI is InChI=1S/C19H24N4O2/c1-13-6-8-15(9-7-13)12-22-19(25)23-16(4-3-5-17(23)20-22)18(24)21-11-10-14(21)2/h6-9,14,16H,3-5,10-12H2,1-2H3/t14-,16-/m0/s1. The summed E-state index contributed by atoms with van der Waals surface area (Å²) in [7, 11) is 0. The Hall–Kier alpha value is -2.37. The lowest BCUT2D eigenvalue weighted by Gasteiger charge is -2.41. The van der Waals surface area contributed by atoms with Gasteiger partial charge < -0.3 is 4.90 Å². The molecule has 6 nitrogen and oxygen atoms in total. The van der Waals surface area contributed by atoms with Gasteiger partial charge >= 0.3 is 5.69 Å². The maximum atomic E-state index is 12.9. The quantitative estimate of drug-likeness (QED) is 0.857. The first-order valence-corrected chi connectivity index (χ1v) is 9.09. The molecule has 1 aromatic heterocycles. The molecule has 3 heterocycles. The van der Waals surface area contributed by atoms with Crippen LogP contribution in [0.15, 0.2) is 29.1 Å². The number of nitrogens with zero attached hydrogens (tertiary/aromatic N) is 4. The molecule has 6 heteroatoms. The highest BCUT2D eigenvalue weighted by Gasteiger charge is 2.37. The van der Waals surface area contributed by atoms with Gasteiger partial charge in [0.05, 0.1) is 6.54 Å². The van der Waals surface area contributed by atoms with Gasteiger partial charge in [-0.15, -0.1) is 0 Å². The van der Waals surface area contributed by atoms with Crippen molar-refractivity contribution in [2.24, 2.45) is 0 Å². The summed E-state index contributed by atoms with van der Waals surface area (Å²) in [5.74, 6) is 0.826. The van der Waals surface area contributed by atoms with E-state index >= 15 is 0 Å². The SMILES string of the molecule is Cc1ccc(Cn2nc3n(c2=O)[C@H](C(=O)N2CC[C@@H]2C)CCC3)cc1. The van der Waals surface area contributed by atoms with Crippen LogP contribution in [0.2, 0.25) is 0 Å². The predicted molar refractivity (Wildman–Crippen MR) is 94.5 cm³/mol. The molecule has 0 aliphatic carbocycles. The fourth-order valence-electron chi connectivity index (χ4n) is 3.77. The summed E-state index contributed by atoms with van der Waals surface area (Å²) in [6.45, 7) is 5.35. The van der Waals surface area contributed by atoms with Gasteiger partial charge in [-0.05, 0) is 38.7 Å². The highest BCUT2D eigenvalue weighted by molar-refractivity contribution is 5.81. The third-order valence-corrected chi connectivity index (χ3v) is 5.47. The van der Waals surface area contributed by atoms with Gasteiger partial charge in [-0.1, -0.05) is 29.8 Å². The van der Waals surface area contributed by atoms with Gasteiger partial charge in [0.25, 0.3) is 0 Å². The van der Waals surface area contributed by atoms with Crippen LogP contribution in [0.1, 0.15) is 49.2 Å². The third kappa shape index (κ3) is 2.79. The maximum absolute atomic E-state index is 12.9. The van der Waals surface area contributed by atoms with Crippen LogP contribution in [0, 0.1) is 6.92 Å². The van der Waals surface area contributed by atoms with Crippen molar-refractivity contribution < 1.29 is 4.79 Å². The Morgan fingerprint density at radius 1 is 1.24 bits per heavy atom. The van der Waals surface area contributed by atoms with Crippen LogP contribution < -0.4 is 5.69 Å². The number of carbonyl (C=O) groups is 1. The molecule has 2 aliphatic rings. The summed E-state index contributed by atoms with van der Waals surface area (Å²) >= 11 is 0. The lowest BCUT2D eigenvalue weighted by Crippen LogP contribution is -2.53. The third-order valence-electron chi connectivity index (χ3n) is 5.47. The number of fused-ring (bicyclic) bond motifs is 1. The molecule has 0 radical (unpaired) electrons. The van der Waals surface area contributed by atoms with Crippen LogP contribution in [-0.2, 0) is 17.8 Å². The van der Waals surface area contributed by atoms with Crippen LogP contribution >= 0.6 is 0 Å². The Morgan fingerprint density at radius 2 is 2.00 bits per heavy atom. The molecule has 0 bridgehead atoms. The van der Waals surface area contributed by atoms with Crippen molar-refractivity contribution in [3.05, 3.63) is 51.7 Å². The Bertz CT molecular complexity index is 849. The number of hydrogen-bond acceptors (Lipinski definition) is 3. The van der Waals surface area contributed by atoms with E-state index in [2.05, 4.69) is 12.0 Å². The number of hydrogen-bond donors (Lipinski definition) is 0. The lowest BCUT2D eigenvalue weighted by atomic mass is 9.98. The van der Waals surface area contributed by atoms with E-state index in [1.165, 1.54) is 10.2 Å². The van der Waals surface area contributed by atoms with E-state index in [1.54, 1.807) is 4.57 Å². The van der Waals surface area contributed by atoms with Gasteiger partial charge in [0.1, 0.15) is 11.9 Å². The fraction of sp³-hybridized carbons (Fsp3) is 0.526. The number of benzene rings is 1. The van der Waals surface area contributed by atoms with Crippen molar-refractivity contribution in [3.63, 3.8) is 0 Å². The summed E-state index contributed by atoms with van der Waals surface area (Å²) < 4.78 is 3.15. The Kier molecular flexibility index (Phi) is 3.98. The summed E-state index contributed by atoms with van der Waals surface area (Å²) in [4.78, 5) is 27.6. The number of likely N-dealkylation sites (tertiary alicyclic amines) is 1. The average Bonchev–Trinajstić information content (AvgIpc) is 2.91. The molecule has 4 rings (SSSR count). The molecule has 1 aromatic carbocycles. The van der Waals surface area contributed by atoms with E-state index in [-0.39, 0.29) is 23.7 Å². The first-order chi connectivity index (χ1) is 12.0. The molecular formula is C19H24N4O2. The van der Waals surface area contributed by atoms with Crippen LogP contribution in [0.3, 0.4) is 0 Å². The van der Waals surface area contributed by atoms with Crippen molar-refractivity contribution >= 4 is 5.91 Å². The molecule has 1 amide bonds. The van der Waals surface area contributed by atoms with Crippen LogP contribution in [0.25, 0.3) is 0 Å². The number of amides is 1. The Morgan fingerprint density at radius 3 is 2.64 bits per heavy atom. The highest BCUT2D eigenvalue weighted by Crippen LogP contribution is 2.28. The summed E-state index contributed by atoms with van der Waals surface area (Å²) in [6.07, 6.45) is 3.44. The fourth-order valence-corrected chi connectivity index (χ4v) is 3.77. The zero-order valence-corrected chi connectivity index (χ0v) is 14.8. The summed E-state index contributed by atoms with van der Waals surface area (Å²) in [6, 6.07) is 8.01. The second-order valence-corrected chi connectivity index (χ2v) is 7.29. The van der Waals surface area contributed by atoms with Crippen LogP contribution in [0.5, 0.6) is 0 Å². The Labute approximate surface area is 147 Å². The molecule has 0 spiro atoms. The minimum absolute atomic E-state index is 0.0803. The molecule has 0 N–H and O–H groups in total. The van der Waals surface area contributed by atoms with Crippen LogP contribution in [0.4, 0.5) is 0 Å². The minimum Gasteiger partial charge on any atom is -0.338 e. The minimum atomic E-state index is -0.384. The second kappa shape index (κ2) is 6.17. The van der Waals surface area contributed by atoms with E-state index in [1.807, 2.05) is 36.1 Å². The molecule has 0 saturated carbocycles. The molecule has 1 fully saturated rings. The largest absolute Gasteiger partial charge is 0.346 e. The topological polar surface area (TPSA) is 60.1 Å². The van der Waals surface area contributed by atoms with E-state index in [0.29, 0.717) is 6.54 Å². The number of aromatic nitrogens is 3. The number of aryl methyl sites for hydroxylation is 2. The van der Waals surface area contributed by atoms with E-state index < -0.39 is 0 Å². The number of rotatable bonds is 3. The first-order valence-electron chi connectivity index (χ1n) is 9.09. The van der Waals surface area contributed by atoms with Crippen LogP contribution in [-0.4, -0.2) is 37.7 Å². The van der Waals surface area contributed by atoms with Gasteiger partial charge in [0.2, 0.25) is 5.91 Å². The van der Waals surface area contributed by atoms with Gasteiger partial charge in [0, 0.05) is 19.0 Å². The molecular weight excluding hydrogens is 316 g/mol. The second-order valence-electron chi connectivity index (χ2n) is 7.29. The molecule has 132 valence electrons. The highest BCUT2D eigenvalue weighted by atomic mass is 16.2. The smallest absolute Gasteiger partial charge is 0.338 e. The normalized spacial score (nSPS) is 22.4. The summed E-state index contributed by atoms with van der Waals surface area (Å²) in [5.41, 5.74) is 2.07. The molecule has 2 atom stereocenters. The van der Waals surface area contributed by atoms with Gasteiger partial charge in [-0.2, -0.15) is 5.10 Å². The van der Waals surface area contributed by atoms with Crippen molar-refractivity contribution in [2.45, 2.75) is 58.2 Å². The molecule has 1 saturated heterocycles. The lowest BCUT2D eigenvalue weighted by molar-refractivity contribution is -0.142. The molecule has 25 heavy (non-hydrogen) atoms. The Balaban J connectivity index is 1.64. The van der Waals surface area contributed by atoms with Gasteiger partial charge in [0.15, 0.2) is 0 Å². The predicted octanol–water partition coefficient (Wildman–Crippen LogP) is 1.90. The number of carbonyl (C=O) groups excluding carboxylic acids is 1. The van der Waals surface area contributed by atoms with E-state index in [0.717, 1.165) is 43.6 Å². The zero-order valence-electron chi connectivity index (χ0n) is 14.8. The van der Waals surface area contributed by atoms with E-state index in [9.17, 15) is 9.59 Å². The molecule has 2 aromatic rings. The molecule has 0 unspecified atom stereocenters. The first kappa shape index (κ1) is 16.1. The van der Waals surface area contributed by atoms with Gasteiger partial charge in [-0.3, -0.25) is 9.36 Å².